The van der Waals surface area contributed by atoms with E-state index in [9.17, 15) is 8.42 Å². The van der Waals surface area contributed by atoms with E-state index < -0.39 is 10.0 Å². The van der Waals surface area contributed by atoms with E-state index >= 15 is 0 Å². The first kappa shape index (κ1) is 23.2. The molecule has 0 bridgehead atoms. The van der Waals surface area contributed by atoms with Crippen molar-refractivity contribution in [2.45, 2.75) is 32.6 Å². The number of nitrogens with one attached hydrogen (secondary N) is 2. The topological polar surface area (TPSA) is 111 Å². The van der Waals surface area contributed by atoms with E-state index in [1.165, 1.54) is 0 Å². The standard InChI is InChI=1S/C24H26N6O3S/c1-15-13-22(16(2)12-21(15)33-5)34(31,32)29-20-8-6-19(7-9-20)25-23-10-11-24(27-26-23)30-18(4)14-17(3)28-30/h6-14,29H,1-5H3,(H,25,26). The first-order chi connectivity index (χ1) is 16.2. The molecule has 0 radical (unpaired) electrons. The van der Waals surface area contributed by atoms with Crippen molar-refractivity contribution < 1.29 is 13.2 Å². The maximum Gasteiger partial charge on any atom is 0.262 e. The second-order valence-corrected chi connectivity index (χ2v) is 9.66. The van der Waals surface area contributed by atoms with E-state index in [2.05, 4.69) is 25.3 Å². The van der Waals surface area contributed by atoms with Gasteiger partial charge in [0.25, 0.3) is 10.0 Å². The van der Waals surface area contributed by atoms with Crippen LogP contribution in [0.3, 0.4) is 0 Å². The van der Waals surface area contributed by atoms with Crippen molar-refractivity contribution in [1.82, 2.24) is 20.0 Å². The number of sulfonamides is 1. The Bertz CT molecular complexity index is 1430. The van der Waals surface area contributed by atoms with Gasteiger partial charge in [-0.15, -0.1) is 10.2 Å². The summed E-state index contributed by atoms with van der Waals surface area (Å²) in [5, 5.41) is 16.0. The van der Waals surface area contributed by atoms with Crippen molar-refractivity contribution in [3.05, 3.63) is 77.1 Å². The van der Waals surface area contributed by atoms with Gasteiger partial charge in [0.2, 0.25) is 0 Å². The molecule has 176 valence electrons. The summed E-state index contributed by atoms with van der Waals surface area (Å²) in [6, 6.07) is 15.8. The summed E-state index contributed by atoms with van der Waals surface area (Å²) in [4.78, 5) is 0.214. The van der Waals surface area contributed by atoms with E-state index in [0.717, 1.165) is 22.6 Å². The van der Waals surface area contributed by atoms with Crippen LogP contribution in [0.15, 0.2) is 59.5 Å². The number of benzene rings is 2. The fraction of sp³-hybridized carbons (Fsp3) is 0.208. The molecule has 0 aliphatic rings. The summed E-state index contributed by atoms with van der Waals surface area (Å²) >= 11 is 0. The Labute approximate surface area is 198 Å². The smallest absolute Gasteiger partial charge is 0.262 e. The predicted octanol–water partition coefficient (Wildman–Crippen LogP) is 4.45. The van der Waals surface area contributed by atoms with Crippen molar-refractivity contribution in [3.63, 3.8) is 0 Å². The maximum absolute atomic E-state index is 12.9. The average Bonchev–Trinajstić information content (AvgIpc) is 3.14. The fourth-order valence-electron chi connectivity index (χ4n) is 3.62. The first-order valence-corrected chi connectivity index (χ1v) is 12.1. The van der Waals surface area contributed by atoms with Crippen LogP contribution in [0.4, 0.5) is 17.2 Å². The van der Waals surface area contributed by atoms with E-state index in [4.69, 9.17) is 4.74 Å². The van der Waals surface area contributed by atoms with Crippen LogP contribution in [0.5, 0.6) is 5.75 Å². The third-order valence-electron chi connectivity index (χ3n) is 5.27. The molecule has 2 N–H and O–H groups in total. The third kappa shape index (κ3) is 4.86. The maximum atomic E-state index is 12.9. The van der Waals surface area contributed by atoms with Crippen molar-refractivity contribution in [1.29, 1.82) is 0 Å². The molecule has 9 nitrogen and oxygen atoms in total. The lowest BCUT2D eigenvalue weighted by Crippen LogP contribution is -2.14. The summed E-state index contributed by atoms with van der Waals surface area (Å²) in [6.07, 6.45) is 0. The van der Waals surface area contributed by atoms with Crippen molar-refractivity contribution >= 4 is 27.2 Å². The number of aromatic nitrogens is 4. The molecule has 0 fully saturated rings. The molecule has 2 heterocycles. The number of methoxy groups -OCH3 is 1. The van der Waals surface area contributed by atoms with Crippen LogP contribution < -0.4 is 14.8 Å². The first-order valence-electron chi connectivity index (χ1n) is 10.6. The second kappa shape index (κ2) is 9.14. The molecule has 0 amide bonds. The number of anilines is 3. The molecule has 0 saturated heterocycles. The van der Waals surface area contributed by atoms with Crippen molar-refractivity contribution in [2.75, 3.05) is 17.1 Å². The van der Waals surface area contributed by atoms with Gasteiger partial charge in [0.15, 0.2) is 11.6 Å². The lowest BCUT2D eigenvalue weighted by atomic mass is 10.1. The SMILES string of the molecule is COc1cc(C)c(S(=O)(=O)Nc2ccc(Nc3ccc(-n4nc(C)cc4C)nn3)cc2)cc1C. The van der Waals surface area contributed by atoms with Gasteiger partial charge in [0.1, 0.15) is 5.75 Å². The number of aryl methyl sites for hydroxylation is 4. The molecule has 2 aromatic heterocycles. The minimum absolute atomic E-state index is 0.214. The van der Waals surface area contributed by atoms with Gasteiger partial charge in [0, 0.05) is 17.1 Å². The summed E-state index contributed by atoms with van der Waals surface area (Å²) in [7, 11) is -2.19. The zero-order chi connectivity index (χ0) is 24.5. The van der Waals surface area contributed by atoms with Crippen LogP contribution in [0.2, 0.25) is 0 Å². The zero-order valence-corrected chi connectivity index (χ0v) is 20.4. The number of nitrogens with zero attached hydrogens (tertiary/aromatic N) is 4. The van der Waals surface area contributed by atoms with E-state index in [0.29, 0.717) is 28.6 Å². The van der Waals surface area contributed by atoms with Crippen LogP contribution in [-0.4, -0.2) is 35.5 Å². The number of hydrogen-bond acceptors (Lipinski definition) is 7. The summed E-state index contributed by atoms with van der Waals surface area (Å²) in [5.41, 5.74) is 4.44. The van der Waals surface area contributed by atoms with Crippen molar-refractivity contribution in [2.24, 2.45) is 0 Å². The summed E-state index contributed by atoms with van der Waals surface area (Å²) < 4.78 is 35.5. The average molecular weight is 479 g/mol. The molecular formula is C24H26N6O3S. The number of rotatable bonds is 7. The molecule has 2 aromatic carbocycles. The molecule has 0 spiro atoms. The Morgan fingerprint density at radius 2 is 1.56 bits per heavy atom. The highest BCUT2D eigenvalue weighted by Gasteiger charge is 2.19. The van der Waals surface area contributed by atoms with E-state index in [1.807, 2.05) is 39.0 Å². The van der Waals surface area contributed by atoms with Crippen LogP contribution in [0.1, 0.15) is 22.5 Å². The molecule has 0 aliphatic carbocycles. The highest BCUT2D eigenvalue weighted by molar-refractivity contribution is 7.92. The molecule has 10 heteroatoms. The van der Waals surface area contributed by atoms with Gasteiger partial charge >= 0.3 is 0 Å². The van der Waals surface area contributed by atoms with Crippen LogP contribution >= 0.6 is 0 Å². The molecule has 4 aromatic rings. The summed E-state index contributed by atoms with van der Waals surface area (Å²) in [6.45, 7) is 7.44. The van der Waals surface area contributed by atoms with Gasteiger partial charge in [0.05, 0.1) is 17.7 Å². The Morgan fingerprint density at radius 3 is 2.15 bits per heavy atom. The van der Waals surface area contributed by atoms with Gasteiger partial charge in [-0.05, 0) is 93.4 Å². The Morgan fingerprint density at radius 1 is 0.853 bits per heavy atom. The minimum atomic E-state index is -3.75. The van der Waals surface area contributed by atoms with Gasteiger partial charge in [-0.3, -0.25) is 4.72 Å². The normalized spacial score (nSPS) is 11.3. The van der Waals surface area contributed by atoms with Crippen LogP contribution in [-0.2, 0) is 10.0 Å². The third-order valence-corrected chi connectivity index (χ3v) is 6.79. The molecule has 4 rings (SSSR count). The lowest BCUT2D eigenvalue weighted by Gasteiger charge is -2.14. The Kier molecular flexibility index (Phi) is 6.25. The minimum Gasteiger partial charge on any atom is -0.496 e. The lowest BCUT2D eigenvalue weighted by molar-refractivity contribution is 0.411. The van der Waals surface area contributed by atoms with E-state index in [1.54, 1.807) is 55.1 Å². The Balaban J connectivity index is 1.46. The Hall–Kier alpha value is -3.92. The van der Waals surface area contributed by atoms with Crippen molar-refractivity contribution in [3.8, 4) is 11.6 Å². The van der Waals surface area contributed by atoms with Gasteiger partial charge in [-0.1, -0.05) is 0 Å². The van der Waals surface area contributed by atoms with E-state index in [-0.39, 0.29) is 4.90 Å². The van der Waals surface area contributed by atoms with Crippen LogP contribution in [0.25, 0.3) is 5.82 Å². The fourth-order valence-corrected chi connectivity index (χ4v) is 4.99. The monoisotopic (exact) mass is 478 g/mol. The quantitative estimate of drug-likeness (QED) is 0.404. The van der Waals surface area contributed by atoms with Gasteiger partial charge < -0.3 is 10.1 Å². The zero-order valence-electron chi connectivity index (χ0n) is 19.6. The molecule has 0 aliphatic heterocycles. The van der Waals surface area contributed by atoms with Crippen LogP contribution in [0, 0.1) is 27.7 Å². The summed E-state index contributed by atoms with van der Waals surface area (Å²) in [5.74, 6) is 1.84. The second-order valence-electron chi connectivity index (χ2n) is 8.01. The highest BCUT2D eigenvalue weighted by atomic mass is 32.2. The molecule has 0 saturated carbocycles. The predicted molar refractivity (Wildman–Crippen MR) is 132 cm³/mol. The molecule has 34 heavy (non-hydrogen) atoms. The number of hydrogen-bond donors (Lipinski definition) is 2. The van der Waals surface area contributed by atoms with Gasteiger partial charge in [-0.2, -0.15) is 5.10 Å². The molecule has 0 unspecified atom stereocenters. The molecular weight excluding hydrogens is 452 g/mol. The molecule has 0 atom stereocenters. The van der Waals surface area contributed by atoms with Gasteiger partial charge in [-0.25, -0.2) is 13.1 Å². The number of ether oxygens (including phenoxy) is 1. The highest BCUT2D eigenvalue weighted by Crippen LogP contribution is 2.27. The largest absolute Gasteiger partial charge is 0.496 e.